The third-order valence-electron chi connectivity index (χ3n) is 3.94. The fourth-order valence-corrected chi connectivity index (χ4v) is 2.99. The molecule has 1 heterocycles. The molecule has 5 nitrogen and oxygen atoms in total. The van der Waals surface area contributed by atoms with Gasteiger partial charge in [0, 0.05) is 0 Å². The first-order valence-electron chi connectivity index (χ1n) is 7.83. The Kier molecular flexibility index (Phi) is 4.76. The van der Waals surface area contributed by atoms with Crippen LogP contribution in [0.4, 0.5) is 23.7 Å². The van der Waals surface area contributed by atoms with Crippen LogP contribution in [0.25, 0.3) is 0 Å². The summed E-state index contributed by atoms with van der Waals surface area (Å²) >= 11 is 0. The summed E-state index contributed by atoms with van der Waals surface area (Å²) in [5, 5.41) is 9.52. The number of carbonyl (C=O) groups is 2. The molecule has 0 radical (unpaired) electrons. The molecule has 1 aliphatic rings. The van der Waals surface area contributed by atoms with Gasteiger partial charge >= 0.3 is 18.2 Å². The molecule has 1 N–H and O–H groups in total. The number of hydrogen-bond acceptors (Lipinski definition) is 3. The molecule has 0 saturated carbocycles. The van der Waals surface area contributed by atoms with Gasteiger partial charge in [0.2, 0.25) is 0 Å². The lowest BCUT2D eigenvalue weighted by Gasteiger charge is -2.29. The van der Waals surface area contributed by atoms with E-state index in [1.54, 1.807) is 27.7 Å². The molecule has 1 aliphatic heterocycles. The Morgan fingerprint density at radius 2 is 1.84 bits per heavy atom. The highest BCUT2D eigenvalue weighted by Gasteiger charge is 2.47. The number of nitrogens with zero attached hydrogens (tertiary/aromatic N) is 1. The second kappa shape index (κ2) is 6.24. The molecule has 1 amide bonds. The van der Waals surface area contributed by atoms with Gasteiger partial charge in [-0.1, -0.05) is 13.0 Å². The van der Waals surface area contributed by atoms with E-state index in [1.165, 1.54) is 0 Å². The van der Waals surface area contributed by atoms with Crippen molar-refractivity contribution in [1.82, 2.24) is 0 Å². The minimum Gasteiger partial charge on any atom is -0.481 e. The van der Waals surface area contributed by atoms with E-state index in [0.717, 1.165) is 23.1 Å². The van der Waals surface area contributed by atoms with Crippen molar-refractivity contribution >= 4 is 17.7 Å². The summed E-state index contributed by atoms with van der Waals surface area (Å²) < 4.78 is 44.4. The Bertz CT molecular complexity index is 694. The molecule has 0 aliphatic carbocycles. The van der Waals surface area contributed by atoms with E-state index in [9.17, 15) is 27.9 Å². The van der Waals surface area contributed by atoms with Crippen LogP contribution in [0.1, 0.15) is 51.2 Å². The first kappa shape index (κ1) is 19.1. The summed E-state index contributed by atoms with van der Waals surface area (Å²) in [4.78, 5) is 25.3. The zero-order valence-corrected chi connectivity index (χ0v) is 14.3. The summed E-state index contributed by atoms with van der Waals surface area (Å²) in [6, 6.07) is 1.96. The molecule has 2 rings (SSSR count). The van der Waals surface area contributed by atoms with Crippen LogP contribution in [-0.2, 0) is 15.7 Å². The van der Waals surface area contributed by atoms with E-state index in [0.29, 0.717) is 0 Å². The molecular formula is C17H20F3NO4. The van der Waals surface area contributed by atoms with Crippen LogP contribution in [0.5, 0.6) is 0 Å². The molecule has 2 atom stereocenters. The van der Waals surface area contributed by atoms with Crippen molar-refractivity contribution in [1.29, 1.82) is 0 Å². The first-order chi connectivity index (χ1) is 11.4. The number of ether oxygens (including phenoxy) is 1. The molecule has 1 aromatic carbocycles. The number of carbonyl (C=O) groups excluding carboxylic acids is 1. The van der Waals surface area contributed by atoms with E-state index >= 15 is 0 Å². The van der Waals surface area contributed by atoms with Gasteiger partial charge in [-0.2, -0.15) is 13.2 Å². The number of carboxylic acids is 1. The number of aliphatic carboxylic acids is 1. The summed E-state index contributed by atoms with van der Waals surface area (Å²) in [7, 11) is 0. The van der Waals surface area contributed by atoms with E-state index in [1.807, 2.05) is 0 Å². The van der Waals surface area contributed by atoms with Gasteiger partial charge in [0.05, 0.1) is 17.3 Å². The number of rotatable bonds is 2. The van der Waals surface area contributed by atoms with E-state index in [4.69, 9.17) is 4.74 Å². The Balaban J connectivity index is 2.59. The van der Waals surface area contributed by atoms with Crippen LogP contribution in [0.2, 0.25) is 0 Å². The fraction of sp³-hybridized carbons (Fsp3) is 0.529. The minimum absolute atomic E-state index is 0.0664. The Morgan fingerprint density at radius 1 is 1.24 bits per heavy atom. The number of amides is 1. The average Bonchev–Trinajstić information content (AvgIpc) is 2.77. The largest absolute Gasteiger partial charge is 0.481 e. The molecule has 0 bridgehead atoms. The number of alkyl halides is 3. The topological polar surface area (TPSA) is 66.8 Å². The van der Waals surface area contributed by atoms with E-state index in [2.05, 4.69) is 0 Å². The molecule has 2 unspecified atom stereocenters. The fourth-order valence-electron chi connectivity index (χ4n) is 2.99. The van der Waals surface area contributed by atoms with Crippen molar-refractivity contribution < 1.29 is 32.6 Å². The lowest BCUT2D eigenvalue weighted by atomic mass is 9.93. The monoisotopic (exact) mass is 359 g/mol. The van der Waals surface area contributed by atoms with E-state index < -0.39 is 41.4 Å². The summed E-state index contributed by atoms with van der Waals surface area (Å²) in [5.41, 5.74) is -1.69. The number of carboxylic acid groups (broad SMARTS) is 1. The molecule has 0 spiro atoms. The maximum atomic E-state index is 13.0. The highest BCUT2D eigenvalue weighted by molar-refractivity contribution is 5.97. The number of fused-ring (bicyclic) bond motifs is 1. The molecule has 25 heavy (non-hydrogen) atoms. The van der Waals surface area contributed by atoms with Crippen LogP contribution in [-0.4, -0.2) is 28.8 Å². The van der Waals surface area contributed by atoms with Crippen molar-refractivity contribution in [2.45, 2.75) is 57.9 Å². The molecule has 8 heteroatoms. The van der Waals surface area contributed by atoms with Gasteiger partial charge in [0.25, 0.3) is 0 Å². The highest BCUT2D eigenvalue weighted by atomic mass is 19.4. The van der Waals surface area contributed by atoms with Gasteiger partial charge in [0.1, 0.15) is 11.5 Å². The molecule has 0 aromatic heterocycles. The number of hydrogen-bond donors (Lipinski definition) is 1. The van der Waals surface area contributed by atoms with Gasteiger partial charge in [0.15, 0.2) is 0 Å². The number of anilines is 1. The normalized spacial score (nSPS) is 20.4. The van der Waals surface area contributed by atoms with Crippen molar-refractivity contribution in [2.75, 3.05) is 4.90 Å². The lowest BCUT2D eigenvalue weighted by molar-refractivity contribution is -0.139. The molecule has 1 aromatic rings. The van der Waals surface area contributed by atoms with Gasteiger partial charge in [-0.3, -0.25) is 9.69 Å². The standard InChI is InChI=1S/C17H20F3NO4/c1-5-11-13(14(22)23)10-7-6-9(17(18,19)20)8-12(10)21(11)15(24)25-16(2,3)4/h6-8,11,13H,5H2,1-4H3,(H,22,23). The molecule has 0 fully saturated rings. The SMILES string of the molecule is CCC1C(C(=O)O)c2ccc(C(F)(F)F)cc2N1C(=O)OC(C)(C)C. The van der Waals surface area contributed by atoms with Crippen LogP contribution in [0.15, 0.2) is 18.2 Å². The Hall–Kier alpha value is -2.25. The van der Waals surface area contributed by atoms with Crippen LogP contribution < -0.4 is 4.90 Å². The van der Waals surface area contributed by atoms with Crippen LogP contribution in [0.3, 0.4) is 0 Å². The van der Waals surface area contributed by atoms with Crippen molar-refractivity contribution in [3.8, 4) is 0 Å². The van der Waals surface area contributed by atoms with Crippen molar-refractivity contribution in [3.05, 3.63) is 29.3 Å². The predicted molar refractivity (Wildman–Crippen MR) is 84.6 cm³/mol. The minimum atomic E-state index is -4.60. The molecule has 0 saturated heterocycles. The summed E-state index contributed by atoms with van der Waals surface area (Å²) in [5.74, 6) is -2.30. The second-order valence-corrected chi connectivity index (χ2v) is 6.91. The quantitative estimate of drug-likeness (QED) is 0.849. The maximum Gasteiger partial charge on any atom is 0.416 e. The summed E-state index contributed by atoms with van der Waals surface area (Å²) in [6.45, 7) is 6.56. The van der Waals surface area contributed by atoms with Crippen molar-refractivity contribution in [3.63, 3.8) is 0 Å². The van der Waals surface area contributed by atoms with Crippen LogP contribution in [0, 0.1) is 0 Å². The maximum absolute atomic E-state index is 13.0. The lowest BCUT2D eigenvalue weighted by Crippen LogP contribution is -2.43. The second-order valence-electron chi connectivity index (χ2n) is 6.91. The number of halogens is 3. The predicted octanol–water partition coefficient (Wildman–Crippen LogP) is 4.41. The van der Waals surface area contributed by atoms with Gasteiger partial charge in [-0.05, 0) is 44.9 Å². The highest BCUT2D eigenvalue weighted by Crippen LogP contribution is 2.45. The summed E-state index contributed by atoms with van der Waals surface area (Å²) in [6.07, 6.45) is -5.20. The zero-order valence-electron chi connectivity index (χ0n) is 14.3. The smallest absolute Gasteiger partial charge is 0.416 e. The van der Waals surface area contributed by atoms with Crippen molar-refractivity contribution in [2.24, 2.45) is 0 Å². The van der Waals surface area contributed by atoms with Gasteiger partial charge in [-0.25, -0.2) is 4.79 Å². The molecular weight excluding hydrogens is 339 g/mol. The van der Waals surface area contributed by atoms with Gasteiger partial charge in [-0.15, -0.1) is 0 Å². The van der Waals surface area contributed by atoms with Gasteiger partial charge < -0.3 is 9.84 Å². The average molecular weight is 359 g/mol. The Labute approximate surface area is 143 Å². The first-order valence-corrected chi connectivity index (χ1v) is 7.83. The third kappa shape index (κ3) is 3.72. The molecule has 138 valence electrons. The zero-order chi connectivity index (χ0) is 19.2. The van der Waals surface area contributed by atoms with E-state index in [-0.39, 0.29) is 17.7 Å². The van der Waals surface area contributed by atoms with Crippen LogP contribution >= 0.6 is 0 Å². The number of benzene rings is 1. The Morgan fingerprint density at radius 3 is 2.28 bits per heavy atom. The third-order valence-corrected chi connectivity index (χ3v) is 3.94.